The van der Waals surface area contributed by atoms with Crippen LogP contribution in [-0.4, -0.2) is 33.7 Å². The molecular weight excluding hydrogens is 342 g/mol. The number of pyridine rings is 1. The van der Waals surface area contributed by atoms with Gasteiger partial charge in [0.15, 0.2) is 0 Å². The van der Waals surface area contributed by atoms with Gasteiger partial charge in [-0.3, -0.25) is 4.98 Å². The molecule has 0 amide bonds. The lowest BCUT2D eigenvalue weighted by Gasteiger charge is -2.14. The van der Waals surface area contributed by atoms with E-state index in [4.69, 9.17) is 9.47 Å². The summed E-state index contributed by atoms with van der Waals surface area (Å²) in [6.07, 6.45) is 2.33. The molecule has 7 heteroatoms. The number of aromatic nitrogens is 4. The molecule has 0 spiro atoms. The molecule has 1 aromatic carbocycles. The number of nitrogens with zero attached hydrogens (tertiary/aromatic N) is 4. The monoisotopic (exact) mass is 365 g/mol. The molecule has 140 valence electrons. The first kappa shape index (κ1) is 18.6. The van der Waals surface area contributed by atoms with Gasteiger partial charge in [-0.1, -0.05) is 18.2 Å². The predicted molar refractivity (Wildman–Crippen MR) is 103 cm³/mol. The van der Waals surface area contributed by atoms with Crippen molar-refractivity contribution in [3.8, 4) is 11.8 Å². The summed E-state index contributed by atoms with van der Waals surface area (Å²) >= 11 is 0. The van der Waals surface area contributed by atoms with Gasteiger partial charge in [-0.15, -0.1) is 0 Å². The van der Waals surface area contributed by atoms with Crippen molar-refractivity contribution in [1.29, 1.82) is 0 Å². The number of hydrogen-bond donors (Lipinski definition) is 1. The maximum atomic E-state index is 5.51. The van der Waals surface area contributed by atoms with Gasteiger partial charge in [0.25, 0.3) is 0 Å². The highest BCUT2D eigenvalue weighted by Gasteiger charge is 2.12. The molecule has 0 aliphatic carbocycles. The Bertz CT molecular complexity index is 856. The van der Waals surface area contributed by atoms with Crippen LogP contribution in [0.15, 0.2) is 48.7 Å². The Kier molecular flexibility index (Phi) is 6.14. The zero-order chi connectivity index (χ0) is 19.1. The molecular formula is C20H23N5O2. The van der Waals surface area contributed by atoms with Crippen molar-refractivity contribution in [2.24, 2.45) is 0 Å². The lowest BCUT2D eigenvalue weighted by atomic mass is 10.1. The van der Waals surface area contributed by atoms with E-state index in [-0.39, 0.29) is 6.04 Å². The highest BCUT2D eigenvalue weighted by Crippen LogP contribution is 2.18. The quantitative estimate of drug-likeness (QED) is 0.655. The first-order valence-electron chi connectivity index (χ1n) is 8.86. The van der Waals surface area contributed by atoms with Crippen LogP contribution in [0.1, 0.15) is 37.0 Å². The minimum Gasteiger partial charge on any atom is -0.497 e. The first-order valence-corrected chi connectivity index (χ1v) is 8.86. The number of ether oxygens (including phenoxy) is 2. The second kappa shape index (κ2) is 8.93. The molecule has 0 aliphatic rings. The molecule has 0 saturated heterocycles. The topological polar surface area (TPSA) is 82.0 Å². The van der Waals surface area contributed by atoms with E-state index in [1.54, 1.807) is 13.3 Å². The second-order valence-electron chi connectivity index (χ2n) is 5.94. The zero-order valence-electron chi connectivity index (χ0n) is 15.7. The van der Waals surface area contributed by atoms with Crippen molar-refractivity contribution < 1.29 is 9.47 Å². The summed E-state index contributed by atoms with van der Waals surface area (Å²) in [4.78, 5) is 17.7. The molecule has 0 saturated carbocycles. The van der Waals surface area contributed by atoms with Crippen LogP contribution in [0.25, 0.3) is 0 Å². The molecule has 1 unspecified atom stereocenters. The van der Waals surface area contributed by atoms with E-state index in [1.807, 2.05) is 56.3 Å². The molecule has 0 bridgehead atoms. The molecule has 27 heavy (non-hydrogen) atoms. The summed E-state index contributed by atoms with van der Waals surface area (Å²) in [7, 11) is 1.65. The van der Waals surface area contributed by atoms with Crippen molar-refractivity contribution in [3.63, 3.8) is 0 Å². The van der Waals surface area contributed by atoms with E-state index in [1.165, 1.54) is 0 Å². The maximum Gasteiger partial charge on any atom is 0.321 e. The van der Waals surface area contributed by atoms with Gasteiger partial charge in [-0.25, -0.2) is 0 Å². The van der Waals surface area contributed by atoms with Gasteiger partial charge in [0.1, 0.15) is 11.6 Å². The van der Waals surface area contributed by atoms with Crippen molar-refractivity contribution in [1.82, 2.24) is 19.9 Å². The fourth-order valence-electron chi connectivity index (χ4n) is 2.56. The van der Waals surface area contributed by atoms with E-state index in [2.05, 4.69) is 25.3 Å². The number of rotatable bonds is 8. The first-order chi connectivity index (χ1) is 13.2. The molecule has 0 aliphatic heterocycles. The normalized spacial score (nSPS) is 11.7. The van der Waals surface area contributed by atoms with Crippen LogP contribution in [-0.2, 0) is 6.42 Å². The molecule has 3 rings (SSSR count). The lowest BCUT2D eigenvalue weighted by molar-refractivity contribution is 0.310. The Morgan fingerprint density at radius 3 is 2.52 bits per heavy atom. The van der Waals surface area contributed by atoms with Crippen LogP contribution < -0.4 is 14.8 Å². The van der Waals surface area contributed by atoms with Crippen LogP contribution in [0.4, 0.5) is 5.95 Å². The zero-order valence-corrected chi connectivity index (χ0v) is 15.7. The molecule has 3 aromatic rings. The Morgan fingerprint density at radius 1 is 1.04 bits per heavy atom. The van der Waals surface area contributed by atoms with E-state index < -0.39 is 0 Å². The van der Waals surface area contributed by atoms with E-state index in [9.17, 15) is 0 Å². The largest absolute Gasteiger partial charge is 0.497 e. The van der Waals surface area contributed by atoms with E-state index in [0.717, 1.165) is 17.0 Å². The molecule has 1 N–H and O–H groups in total. The van der Waals surface area contributed by atoms with Crippen LogP contribution in [0.3, 0.4) is 0 Å². The average Bonchev–Trinajstić information content (AvgIpc) is 2.69. The number of hydrogen-bond acceptors (Lipinski definition) is 7. The number of anilines is 1. The Hall–Kier alpha value is -3.22. The summed E-state index contributed by atoms with van der Waals surface area (Å²) in [5.41, 5.74) is 1.99. The highest BCUT2D eigenvalue weighted by atomic mass is 16.5. The lowest BCUT2D eigenvalue weighted by Crippen LogP contribution is -2.13. The third-order valence-corrected chi connectivity index (χ3v) is 3.93. The Balaban J connectivity index is 1.81. The number of methoxy groups -OCH3 is 1. The van der Waals surface area contributed by atoms with Crippen molar-refractivity contribution >= 4 is 5.95 Å². The fourth-order valence-corrected chi connectivity index (χ4v) is 2.56. The molecule has 2 heterocycles. The second-order valence-corrected chi connectivity index (χ2v) is 5.94. The minimum atomic E-state index is -0.0445. The van der Waals surface area contributed by atoms with Crippen LogP contribution in [0, 0.1) is 0 Å². The summed E-state index contributed by atoms with van der Waals surface area (Å²) in [5.74, 6) is 1.92. The SMILES string of the molecule is CCOc1nc(Cc2ccc(OC)cc2)nc(NC(C)c2ccccn2)n1. The number of nitrogens with one attached hydrogen (secondary N) is 1. The molecule has 1 atom stereocenters. The van der Waals surface area contributed by atoms with Gasteiger partial charge < -0.3 is 14.8 Å². The molecule has 2 aromatic heterocycles. The van der Waals surface area contributed by atoms with Crippen LogP contribution >= 0.6 is 0 Å². The van der Waals surface area contributed by atoms with E-state index >= 15 is 0 Å². The summed E-state index contributed by atoms with van der Waals surface area (Å²) < 4.78 is 10.7. The van der Waals surface area contributed by atoms with Crippen molar-refractivity contribution in [2.45, 2.75) is 26.3 Å². The van der Waals surface area contributed by atoms with Gasteiger partial charge in [0, 0.05) is 12.6 Å². The maximum absolute atomic E-state index is 5.51. The van der Waals surface area contributed by atoms with Crippen molar-refractivity contribution in [3.05, 3.63) is 65.7 Å². The predicted octanol–water partition coefficient (Wildman–Crippen LogP) is 3.44. The molecule has 0 fully saturated rings. The standard InChI is InChI=1S/C20H23N5O2/c1-4-27-20-24-18(13-15-8-10-16(26-3)11-9-15)23-19(25-20)22-14(2)17-7-5-6-12-21-17/h5-12,14H,4,13H2,1-3H3,(H,22,23,24,25). The van der Waals surface area contributed by atoms with Gasteiger partial charge >= 0.3 is 6.01 Å². The summed E-state index contributed by atoms with van der Waals surface area (Å²) in [6, 6.07) is 13.9. The molecule has 7 nitrogen and oxygen atoms in total. The summed E-state index contributed by atoms with van der Waals surface area (Å²) in [5, 5.41) is 3.28. The van der Waals surface area contributed by atoms with Gasteiger partial charge in [-0.2, -0.15) is 15.0 Å². The smallest absolute Gasteiger partial charge is 0.321 e. The van der Waals surface area contributed by atoms with Crippen molar-refractivity contribution in [2.75, 3.05) is 19.0 Å². The highest BCUT2D eigenvalue weighted by molar-refractivity contribution is 5.33. The van der Waals surface area contributed by atoms with Gasteiger partial charge in [0.2, 0.25) is 5.95 Å². The minimum absolute atomic E-state index is 0.0445. The fraction of sp³-hybridized carbons (Fsp3) is 0.300. The van der Waals surface area contributed by atoms with Gasteiger partial charge in [0.05, 0.1) is 25.5 Å². The van der Waals surface area contributed by atoms with E-state index in [0.29, 0.717) is 30.8 Å². The van der Waals surface area contributed by atoms with Gasteiger partial charge in [-0.05, 0) is 43.7 Å². The Morgan fingerprint density at radius 2 is 1.85 bits per heavy atom. The van der Waals surface area contributed by atoms with Crippen LogP contribution in [0.2, 0.25) is 0 Å². The third kappa shape index (κ3) is 5.13. The third-order valence-electron chi connectivity index (χ3n) is 3.93. The summed E-state index contributed by atoms with van der Waals surface area (Å²) in [6.45, 7) is 4.40. The average molecular weight is 365 g/mol. The molecule has 0 radical (unpaired) electrons. The Labute approximate surface area is 158 Å². The van der Waals surface area contributed by atoms with Crippen LogP contribution in [0.5, 0.6) is 11.8 Å². The number of benzene rings is 1.